The number of hydrogen-bond donors (Lipinski definition) is 1. The fourth-order valence-corrected chi connectivity index (χ4v) is 3.87. The van der Waals surface area contributed by atoms with E-state index in [1.165, 1.54) is 38.8 Å². The predicted molar refractivity (Wildman–Crippen MR) is 84.9 cm³/mol. The van der Waals surface area contributed by atoms with E-state index in [0.29, 0.717) is 0 Å². The summed E-state index contributed by atoms with van der Waals surface area (Å²) in [6.07, 6.45) is 6.40. The minimum atomic E-state index is -0.136. The van der Waals surface area contributed by atoms with Gasteiger partial charge in [-0.3, -0.25) is 9.80 Å². The van der Waals surface area contributed by atoms with Crippen LogP contribution in [-0.4, -0.2) is 59.8 Å². The fraction of sp³-hybridized carbons (Fsp3) is 1.00. The molecule has 3 heteroatoms. The number of piperazine rings is 1. The lowest BCUT2D eigenvalue weighted by Gasteiger charge is -2.42. The van der Waals surface area contributed by atoms with E-state index < -0.39 is 0 Å². The summed E-state index contributed by atoms with van der Waals surface area (Å²) in [6.45, 7) is 12.4. The highest BCUT2D eigenvalue weighted by atomic mass is 16.3. The molecule has 2 aliphatic rings. The highest BCUT2D eigenvalue weighted by Gasteiger charge is 2.29. The van der Waals surface area contributed by atoms with Crippen molar-refractivity contribution in [1.82, 2.24) is 9.80 Å². The van der Waals surface area contributed by atoms with E-state index in [4.69, 9.17) is 0 Å². The summed E-state index contributed by atoms with van der Waals surface area (Å²) in [5.41, 5.74) is 0. The van der Waals surface area contributed by atoms with Crippen molar-refractivity contribution in [1.29, 1.82) is 0 Å². The van der Waals surface area contributed by atoms with Crippen molar-refractivity contribution in [3.63, 3.8) is 0 Å². The van der Waals surface area contributed by atoms with Crippen LogP contribution in [0.25, 0.3) is 0 Å². The maximum Gasteiger partial charge on any atom is 0.0664 e. The van der Waals surface area contributed by atoms with Gasteiger partial charge in [0.25, 0.3) is 0 Å². The van der Waals surface area contributed by atoms with Gasteiger partial charge in [0.05, 0.1) is 6.10 Å². The SMILES string of the molecule is CC[C@@H](O)CN1CCN(C2CCC(C(C)C)CC2)CC1. The van der Waals surface area contributed by atoms with Gasteiger partial charge < -0.3 is 5.11 Å². The van der Waals surface area contributed by atoms with Crippen LogP contribution >= 0.6 is 0 Å². The van der Waals surface area contributed by atoms with Crippen LogP contribution in [0.3, 0.4) is 0 Å². The summed E-state index contributed by atoms with van der Waals surface area (Å²) >= 11 is 0. The maximum atomic E-state index is 9.75. The molecule has 3 nitrogen and oxygen atoms in total. The second kappa shape index (κ2) is 7.77. The standard InChI is InChI=1S/C17H34N2O/c1-4-17(20)13-18-9-11-19(12-10-18)16-7-5-15(6-8-16)14(2)3/h14-17,20H,4-13H2,1-3H3/t15?,16?,17-/m1/s1. The molecule has 1 saturated carbocycles. The fourth-order valence-electron chi connectivity index (χ4n) is 3.87. The number of nitrogens with zero attached hydrogens (tertiary/aromatic N) is 2. The molecular weight excluding hydrogens is 248 g/mol. The van der Waals surface area contributed by atoms with Gasteiger partial charge in [-0.05, 0) is 43.9 Å². The summed E-state index contributed by atoms with van der Waals surface area (Å²) in [6, 6.07) is 0.836. The lowest BCUT2D eigenvalue weighted by Crippen LogP contribution is -2.52. The first kappa shape index (κ1) is 16.3. The zero-order valence-corrected chi connectivity index (χ0v) is 13.7. The van der Waals surface area contributed by atoms with Crippen molar-refractivity contribution < 1.29 is 5.11 Å². The van der Waals surface area contributed by atoms with Crippen LogP contribution in [0, 0.1) is 11.8 Å². The van der Waals surface area contributed by atoms with Gasteiger partial charge >= 0.3 is 0 Å². The van der Waals surface area contributed by atoms with Crippen molar-refractivity contribution >= 4 is 0 Å². The zero-order chi connectivity index (χ0) is 14.5. The van der Waals surface area contributed by atoms with Crippen molar-refractivity contribution in [3.05, 3.63) is 0 Å². The molecule has 1 aliphatic heterocycles. The molecular formula is C17H34N2O. The van der Waals surface area contributed by atoms with Crippen LogP contribution in [0.2, 0.25) is 0 Å². The van der Waals surface area contributed by atoms with Crippen LogP contribution in [0.15, 0.2) is 0 Å². The largest absolute Gasteiger partial charge is 0.392 e. The van der Waals surface area contributed by atoms with Crippen molar-refractivity contribution in [2.24, 2.45) is 11.8 Å². The van der Waals surface area contributed by atoms with Gasteiger partial charge in [-0.2, -0.15) is 0 Å². The van der Waals surface area contributed by atoms with Gasteiger partial charge in [0, 0.05) is 38.8 Å². The van der Waals surface area contributed by atoms with Crippen LogP contribution in [-0.2, 0) is 0 Å². The molecule has 0 spiro atoms. The minimum absolute atomic E-state index is 0.136. The summed E-state index contributed by atoms with van der Waals surface area (Å²) < 4.78 is 0. The average molecular weight is 282 g/mol. The Labute approximate surface area is 125 Å². The van der Waals surface area contributed by atoms with Crippen molar-refractivity contribution in [2.45, 2.75) is 65.0 Å². The molecule has 1 N–H and O–H groups in total. The molecule has 0 radical (unpaired) electrons. The molecule has 0 aromatic carbocycles. The van der Waals surface area contributed by atoms with Gasteiger partial charge in [-0.1, -0.05) is 20.8 Å². The van der Waals surface area contributed by atoms with Gasteiger partial charge in [-0.25, -0.2) is 0 Å². The Morgan fingerprint density at radius 1 is 1.00 bits per heavy atom. The molecule has 0 amide bonds. The molecule has 1 aliphatic carbocycles. The Bertz CT molecular complexity index is 266. The van der Waals surface area contributed by atoms with Gasteiger partial charge in [0.1, 0.15) is 0 Å². The first-order valence-corrected chi connectivity index (χ1v) is 8.74. The third kappa shape index (κ3) is 4.44. The molecule has 0 aromatic heterocycles. The highest BCUT2D eigenvalue weighted by Crippen LogP contribution is 2.32. The lowest BCUT2D eigenvalue weighted by molar-refractivity contribution is 0.0401. The minimum Gasteiger partial charge on any atom is -0.392 e. The molecule has 1 heterocycles. The van der Waals surface area contributed by atoms with E-state index in [1.54, 1.807) is 0 Å². The number of aliphatic hydroxyl groups is 1. The smallest absolute Gasteiger partial charge is 0.0664 e. The number of rotatable bonds is 5. The van der Waals surface area contributed by atoms with E-state index in [9.17, 15) is 5.11 Å². The Morgan fingerprint density at radius 2 is 1.60 bits per heavy atom. The van der Waals surface area contributed by atoms with Crippen LogP contribution < -0.4 is 0 Å². The quantitative estimate of drug-likeness (QED) is 0.839. The number of hydrogen-bond acceptors (Lipinski definition) is 3. The van der Waals surface area contributed by atoms with Crippen LogP contribution in [0.4, 0.5) is 0 Å². The Kier molecular flexibility index (Phi) is 6.31. The Hall–Kier alpha value is -0.120. The third-order valence-electron chi connectivity index (χ3n) is 5.55. The van der Waals surface area contributed by atoms with Gasteiger partial charge in [0.15, 0.2) is 0 Å². The number of β-amino-alcohol motifs (C(OH)–C–C–N with tert-alkyl or cyclic N) is 1. The van der Waals surface area contributed by atoms with Crippen molar-refractivity contribution in [2.75, 3.05) is 32.7 Å². The molecule has 0 unspecified atom stereocenters. The lowest BCUT2D eigenvalue weighted by atomic mass is 9.79. The molecule has 0 aromatic rings. The summed E-state index contributed by atoms with van der Waals surface area (Å²) in [4.78, 5) is 5.15. The second-order valence-corrected chi connectivity index (χ2v) is 7.21. The van der Waals surface area contributed by atoms with Crippen LogP contribution in [0.5, 0.6) is 0 Å². The van der Waals surface area contributed by atoms with E-state index >= 15 is 0 Å². The molecule has 20 heavy (non-hydrogen) atoms. The van der Waals surface area contributed by atoms with Gasteiger partial charge in [-0.15, -0.1) is 0 Å². The van der Waals surface area contributed by atoms with E-state index in [2.05, 4.69) is 30.6 Å². The Balaban J connectivity index is 1.69. The normalized spacial score (nSPS) is 31.6. The van der Waals surface area contributed by atoms with Crippen LogP contribution in [0.1, 0.15) is 52.9 Å². The van der Waals surface area contributed by atoms with E-state index in [0.717, 1.165) is 43.9 Å². The summed E-state index contributed by atoms with van der Waals surface area (Å²) in [7, 11) is 0. The maximum absolute atomic E-state index is 9.75. The summed E-state index contributed by atoms with van der Waals surface area (Å²) in [5.74, 6) is 1.83. The van der Waals surface area contributed by atoms with Gasteiger partial charge in [0.2, 0.25) is 0 Å². The number of aliphatic hydroxyl groups excluding tert-OH is 1. The topological polar surface area (TPSA) is 26.7 Å². The molecule has 118 valence electrons. The monoisotopic (exact) mass is 282 g/mol. The molecule has 1 atom stereocenters. The highest BCUT2D eigenvalue weighted by molar-refractivity contribution is 4.84. The molecule has 2 rings (SSSR count). The zero-order valence-electron chi connectivity index (χ0n) is 13.7. The Morgan fingerprint density at radius 3 is 2.10 bits per heavy atom. The van der Waals surface area contributed by atoms with E-state index in [-0.39, 0.29) is 6.10 Å². The molecule has 2 fully saturated rings. The average Bonchev–Trinajstić information content (AvgIpc) is 2.48. The summed E-state index contributed by atoms with van der Waals surface area (Å²) in [5, 5.41) is 9.75. The third-order valence-corrected chi connectivity index (χ3v) is 5.55. The first-order valence-electron chi connectivity index (χ1n) is 8.74. The molecule has 1 saturated heterocycles. The second-order valence-electron chi connectivity index (χ2n) is 7.21. The predicted octanol–water partition coefficient (Wildman–Crippen LogP) is 2.59. The first-order chi connectivity index (χ1) is 9.60. The van der Waals surface area contributed by atoms with Crippen molar-refractivity contribution in [3.8, 4) is 0 Å². The van der Waals surface area contributed by atoms with E-state index in [1.807, 2.05) is 0 Å². The molecule has 0 bridgehead atoms.